The summed E-state index contributed by atoms with van der Waals surface area (Å²) in [4.78, 5) is 15.3. The molecule has 2 aromatic rings. The van der Waals surface area contributed by atoms with Gasteiger partial charge in [-0.05, 0) is 43.7 Å². The molecule has 0 heterocycles. The second kappa shape index (κ2) is 10.6. The Bertz CT molecular complexity index is 667. The third-order valence-corrected chi connectivity index (χ3v) is 4.78. The third kappa shape index (κ3) is 6.63. The van der Waals surface area contributed by atoms with Crippen molar-refractivity contribution in [2.45, 2.75) is 25.2 Å². The number of hydrazone groups is 1. The molecule has 0 aliphatic heterocycles. The van der Waals surface area contributed by atoms with Gasteiger partial charge in [0.1, 0.15) is 0 Å². The number of amides is 1. The average Bonchev–Trinajstić information content (AvgIpc) is 2.65. The summed E-state index contributed by atoms with van der Waals surface area (Å²) in [7, 11) is 0. The second-order valence-corrected chi connectivity index (χ2v) is 6.64. The molecule has 0 aliphatic rings. The van der Waals surface area contributed by atoms with E-state index in [1.165, 1.54) is 10.6 Å². The van der Waals surface area contributed by atoms with Crippen molar-refractivity contribution < 1.29 is 4.79 Å². The molecule has 2 aromatic carbocycles. The van der Waals surface area contributed by atoms with E-state index in [0.29, 0.717) is 6.42 Å². The Morgan fingerprint density at radius 2 is 1.76 bits per heavy atom. The Morgan fingerprint density at radius 1 is 1.08 bits per heavy atom. The SMILES string of the molecule is CCN(CC)c1ccc(/C=N\NC(=O)CCSc2ccccc2)cc1. The fourth-order valence-corrected chi connectivity index (χ4v) is 3.25. The fraction of sp³-hybridized carbons (Fsp3) is 0.300. The molecule has 0 saturated carbocycles. The first-order valence-corrected chi connectivity index (χ1v) is 9.56. The molecule has 4 nitrogen and oxygen atoms in total. The molecular formula is C20H25N3OS. The van der Waals surface area contributed by atoms with E-state index in [-0.39, 0.29) is 5.91 Å². The van der Waals surface area contributed by atoms with Gasteiger partial charge in [0.2, 0.25) is 5.91 Å². The first-order chi connectivity index (χ1) is 12.2. The van der Waals surface area contributed by atoms with E-state index in [2.05, 4.69) is 41.4 Å². The minimum atomic E-state index is -0.0700. The summed E-state index contributed by atoms with van der Waals surface area (Å²) in [5.74, 6) is 0.670. The van der Waals surface area contributed by atoms with Crippen molar-refractivity contribution in [1.29, 1.82) is 0 Å². The zero-order chi connectivity index (χ0) is 17.9. The fourth-order valence-electron chi connectivity index (χ4n) is 2.37. The Morgan fingerprint density at radius 3 is 2.40 bits per heavy atom. The van der Waals surface area contributed by atoms with Crippen LogP contribution in [0.5, 0.6) is 0 Å². The van der Waals surface area contributed by atoms with Crippen LogP contribution in [0, 0.1) is 0 Å². The number of carbonyl (C=O) groups excluding carboxylic acids is 1. The van der Waals surface area contributed by atoms with Gasteiger partial charge < -0.3 is 4.90 Å². The molecule has 0 aliphatic carbocycles. The lowest BCUT2D eigenvalue weighted by Crippen LogP contribution is -2.21. The van der Waals surface area contributed by atoms with Crippen LogP contribution in [0.25, 0.3) is 0 Å². The van der Waals surface area contributed by atoms with Gasteiger partial charge in [-0.2, -0.15) is 5.10 Å². The van der Waals surface area contributed by atoms with Gasteiger partial charge in [-0.15, -0.1) is 11.8 Å². The lowest BCUT2D eigenvalue weighted by atomic mass is 10.2. The Balaban J connectivity index is 1.73. The van der Waals surface area contributed by atoms with E-state index in [9.17, 15) is 4.79 Å². The smallest absolute Gasteiger partial charge is 0.240 e. The Kier molecular flexibility index (Phi) is 8.05. The molecule has 1 amide bonds. The van der Waals surface area contributed by atoms with E-state index >= 15 is 0 Å². The Labute approximate surface area is 154 Å². The first-order valence-electron chi connectivity index (χ1n) is 8.57. The maximum Gasteiger partial charge on any atom is 0.240 e. The van der Waals surface area contributed by atoms with Crippen molar-refractivity contribution in [2.24, 2.45) is 5.10 Å². The number of thioether (sulfide) groups is 1. The third-order valence-electron chi connectivity index (χ3n) is 3.77. The first kappa shape index (κ1) is 19.1. The average molecular weight is 356 g/mol. The normalized spacial score (nSPS) is 10.8. The molecule has 132 valence electrons. The minimum absolute atomic E-state index is 0.0700. The molecule has 0 fully saturated rings. The largest absolute Gasteiger partial charge is 0.372 e. The van der Waals surface area contributed by atoms with Gasteiger partial charge in [-0.1, -0.05) is 30.3 Å². The maximum absolute atomic E-state index is 11.8. The van der Waals surface area contributed by atoms with Crippen LogP contribution in [0.3, 0.4) is 0 Å². The lowest BCUT2D eigenvalue weighted by molar-refractivity contribution is -0.120. The molecule has 0 unspecified atom stereocenters. The number of hydrogen-bond donors (Lipinski definition) is 1. The highest BCUT2D eigenvalue weighted by atomic mass is 32.2. The summed E-state index contributed by atoms with van der Waals surface area (Å²) in [5, 5.41) is 4.03. The minimum Gasteiger partial charge on any atom is -0.372 e. The summed E-state index contributed by atoms with van der Waals surface area (Å²) >= 11 is 1.67. The molecule has 2 rings (SSSR count). The number of anilines is 1. The number of nitrogens with one attached hydrogen (secondary N) is 1. The van der Waals surface area contributed by atoms with E-state index in [1.807, 2.05) is 42.5 Å². The van der Waals surface area contributed by atoms with Crippen LogP contribution in [0.1, 0.15) is 25.8 Å². The van der Waals surface area contributed by atoms with Gasteiger partial charge >= 0.3 is 0 Å². The van der Waals surface area contributed by atoms with Gasteiger partial charge in [-0.25, -0.2) is 5.43 Å². The molecule has 1 N–H and O–H groups in total. The van der Waals surface area contributed by atoms with Crippen LogP contribution in [0.4, 0.5) is 5.69 Å². The molecule has 0 atom stereocenters. The van der Waals surface area contributed by atoms with Crippen molar-refractivity contribution >= 4 is 29.6 Å². The number of nitrogens with zero attached hydrogens (tertiary/aromatic N) is 2. The summed E-state index contributed by atoms with van der Waals surface area (Å²) in [6.45, 7) is 6.26. The van der Waals surface area contributed by atoms with Crippen LogP contribution < -0.4 is 10.3 Å². The maximum atomic E-state index is 11.8. The van der Waals surface area contributed by atoms with E-state index in [0.717, 1.165) is 24.4 Å². The van der Waals surface area contributed by atoms with Crippen LogP contribution >= 0.6 is 11.8 Å². The molecule has 0 radical (unpaired) electrons. The zero-order valence-corrected chi connectivity index (χ0v) is 15.6. The van der Waals surface area contributed by atoms with Gasteiger partial charge in [0, 0.05) is 35.8 Å². The van der Waals surface area contributed by atoms with Crippen molar-refractivity contribution in [3.05, 3.63) is 60.2 Å². The van der Waals surface area contributed by atoms with Gasteiger partial charge in [0.15, 0.2) is 0 Å². The highest BCUT2D eigenvalue weighted by Crippen LogP contribution is 2.17. The summed E-state index contributed by atoms with van der Waals surface area (Å²) in [5.41, 5.74) is 4.75. The second-order valence-electron chi connectivity index (χ2n) is 5.47. The van der Waals surface area contributed by atoms with Gasteiger partial charge in [0.25, 0.3) is 0 Å². The quantitative estimate of drug-likeness (QED) is 0.417. The predicted octanol–water partition coefficient (Wildman–Crippen LogP) is 4.17. The molecule has 25 heavy (non-hydrogen) atoms. The lowest BCUT2D eigenvalue weighted by Gasteiger charge is -2.20. The predicted molar refractivity (Wildman–Crippen MR) is 108 cm³/mol. The number of benzene rings is 2. The van der Waals surface area contributed by atoms with Crippen LogP contribution in [0.15, 0.2) is 64.6 Å². The standard InChI is InChI=1S/C20H25N3OS/c1-3-23(4-2)18-12-10-17(11-13-18)16-21-22-20(24)14-15-25-19-8-6-5-7-9-19/h5-13,16H,3-4,14-15H2,1-2H3,(H,22,24)/b21-16-. The zero-order valence-electron chi connectivity index (χ0n) is 14.8. The van der Waals surface area contributed by atoms with Crippen molar-refractivity contribution in [1.82, 2.24) is 5.43 Å². The molecule has 0 spiro atoms. The van der Waals surface area contributed by atoms with Gasteiger partial charge in [-0.3, -0.25) is 4.79 Å². The molecular weight excluding hydrogens is 330 g/mol. The Hall–Kier alpha value is -2.27. The van der Waals surface area contributed by atoms with Crippen LogP contribution in [-0.4, -0.2) is 31.0 Å². The molecule has 0 saturated heterocycles. The van der Waals surface area contributed by atoms with E-state index in [4.69, 9.17) is 0 Å². The van der Waals surface area contributed by atoms with Crippen molar-refractivity contribution in [3.8, 4) is 0 Å². The van der Waals surface area contributed by atoms with Crippen LogP contribution in [0.2, 0.25) is 0 Å². The molecule has 0 aromatic heterocycles. The number of hydrogen-bond acceptors (Lipinski definition) is 4. The van der Waals surface area contributed by atoms with Crippen molar-refractivity contribution in [3.63, 3.8) is 0 Å². The highest BCUT2D eigenvalue weighted by Gasteiger charge is 2.02. The highest BCUT2D eigenvalue weighted by molar-refractivity contribution is 7.99. The monoisotopic (exact) mass is 355 g/mol. The van der Waals surface area contributed by atoms with Crippen LogP contribution in [-0.2, 0) is 4.79 Å². The van der Waals surface area contributed by atoms with E-state index < -0.39 is 0 Å². The number of carbonyl (C=O) groups is 1. The topological polar surface area (TPSA) is 44.7 Å². The summed E-state index contributed by atoms with van der Waals surface area (Å²) < 4.78 is 0. The van der Waals surface area contributed by atoms with E-state index in [1.54, 1.807) is 18.0 Å². The number of rotatable bonds is 9. The van der Waals surface area contributed by atoms with Gasteiger partial charge in [0.05, 0.1) is 6.21 Å². The summed E-state index contributed by atoms with van der Waals surface area (Å²) in [6, 6.07) is 18.2. The van der Waals surface area contributed by atoms with Crippen molar-refractivity contribution in [2.75, 3.05) is 23.7 Å². The molecule has 0 bridgehead atoms. The summed E-state index contributed by atoms with van der Waals surface area (Å²) in [6.07, 6.45) is 2.12. The molecule has 5 heteroatoms.